The van der Waals surface area contributed by atoms with Gasteiger partial charge in [0, 0.05) is 17.5 Å². The molecule has 1 heterocycles. The molecule has 2 aromatic carbocycles. The maximum Gasteiger partial charge on any atom is 0.340 e. The summed E-state index contributed by atoms with van der Waals surface area (Å²) in [6, 6.07) is 10.2. The number of nitro benzene ring substituents is 1. The molecule has 0 atom stereocenters. The highest BCUT2D eigenvalue weighted by molar-refractivity contribution is 5.98. The summed E-state index contributed by atoms with van der Waals surface area (Å²) in [6.45, 7) is 3.38. The fourth-order valence-electron chi connectivity index (χ4n) is 2.92. The fourth-order valence-corrected chi connectivity index (χ4v) is 2.92. The number of hydrogen-bond donors (Lipinski definition) is 0. The first-order valence-electron chi connectivity index (χ1n) is 8.54. The molecule has 0 amide bonds. The van der Waals surface area contributed by atoms with Gasteiger partial charge < -0.3 is 9.47 Å². The molecule has 28 heavy (non-hydrogen) atoms. The lowest BCUT2D eigenvalue weighted by atomic mass is 10.0. The predicted octanol–water partition coefficient (Wildman–Crippen LogP) is 4.35. The van der Waals surface area contributed by atoms with Gasteiger partial charge in [-0.25, -0.2) is 14.2 Å². The Bertz CT molecular complexity index is 1070. The number of nitro groups is 1. The number of rotatable bonds is 6. The Morgan fingerprint density at radius 3 is 2.71 bits per heavy atom. The molecule has 1 aromatic heterocycles. The summed E-state index contributed by atoms with van der Waals surface area (Å²) >= 11 is 0. The number of esters is 1. The van der Waals surface area contributed by atoms with Crippen molar-refractivity contribution in [3.63, 3.8) is 0 Å². The van der Waals surface area contributed by atoms with Gasteiger partial charge in [0.2, 0.25) is 0 Å². The number of aromatic nitrogens is 1. The second kappa shape index (κ2) is 7.99. The molecule has 0 fully saturated rings. The molecule has 0 spiro atoms. The lowest BCUT2D eigenvalue weighted by Gasteiger charge is -2.14. The molecule has 0 bridgehead atoms. The average molecular weight is 384 g/mol. The van der Waals surface area contributed by atoms with E-state index in [-0.39, 0.29) is 35.9 Å². The van der Waals surface area contributed by atoms with Crippen LogP contribution in [0.4, 0.5) is 10.1 Å². The summed E-state index contributed by atoms with van der Waals surface area (Å²) < 4.78 is 24.1. The zero-order chi connectivity index (χ0) is 20.3. The lowest BCUT2D eigenvalue weighted by molar-refractivity contribution is -0.386. The first-order chi connectivity index (χ1) is 13.4. The van der Waals surface area contributed by atoms with Crippen molar-refractivity contribution in [1.29, 1.82) is 0 Å². The number of carbonyl (C=O) groups excluding carboxylic acids is 1. The van der Waals surface area contributed by atoms with Gasteiger partial charge in [-0.15, -0.1) is 0 Å². The monoisotopic (exact) mass is 384 g/mol. The van der Waals surface area contributed by atoms with Gasteiger partial charge in [0.25, 0.3) is 0 Å². The number of para-hydroxylation sites is 1. The molecular formula is C20H17FN2O5. The molecule has 0 saturated heterocycles. The second-order valence-corrected chi connectivity index (χ2v) is 5.95. The molecule has 0 aliphatic rings. The summed E-state index contributed by atoms with van der Waals surface area (Å²) in [5.74, 6) is -1.48. The van der Waals surface area contributed by atoms with Crippen LogP contribution in [0.15, 0.2) is 42.5 Å². The molecule has 0 unspecified atom stereocenters. The van der Waals surface area contributed by atoms with Crippen molar-refractivity contribution in [3.05, 3.63) is 75.2 Å². The maximum absolute atomic E-state index is 13.5. The largest absolute Gasteiger partial charge is 0.480 e. The van der Waals surface area contributed by atoms with E-state index in [1.54, 1.807) is 26.0 Å². The van der Waals surface area contributed by atoms with Gasteiger partial charge in [-0.2, -0.15) is 0 Å². The molecule has 7 nitrogen and oxygen atoms in total. The van der Waals surface area contributed by atoms with Crippen LogP contribution in [0.3, 0.4) is 0 Å². The van der Waals surface area contributed by atoms with Crippen LogP contribution in [0.2, 0.25) is 0 Å². The molecule has 0 radical (unpaired) electrons. The number of fused-ring (bicyclic) bond motifs is 1. The molecule has 8 heteroatoms. The molecule has 3 aromatic rings. The van der Waals surface area contributed by atoms with Crippen molar-refractivity contribution in [2.75, 3.05) is 6.61 Å². The third-order valence-electron chi connectivity index (χ3n) is 4.19. The molecule has 0 saturated carbocycles. The Labute approximate surface area is 159 Å². The van der Waals surface area contributed by atoms with E-state index in [1.807, 2.05) is 12.1 Å². The quantitative estimate of drug-likeness (QED) is 0.356. The van der Waals surface area contributed by atoms with E-state index in [1.165, 1.54) is 0 Å². The average Bonchev–Trinajstić information content (AvgIpc) is 2.66. The van der Waals surface area contributed by atoms with Crippen LogP contribution in [0.5, 0.6) is 5.75 Å². The Hall–Kier alpha value is -3.55. The van der Waals surface area contributed by atoms with Crippen LogP contribution >= 0.6 is 0 Å². The number of pyridine rings is 1. The lowest BCUT2D eigenvalue weighted by Crippen LogP contribution is -2.14. The SMILES string of the molecule is CCOC(=O)c1c(COc2cc(F)ccc2[N+](=O)[O-])nc2ccccc2c1C. The first-order valence-corrected chi connectivity index (χ1v) is 8.54. The molecule has 3 rings (SSSR count). The van der Waals surface area contributed by atoms with E-state index in [4.69, 9.17) is 9.47 Å². The molecule has 144 valence electrons. The number of hydrogen-bond acceptors (Lipinski definition) is 6. The summed E-state index contributed by atoms with van der Waals surface area (Å²) in [6.07, 6.45) is 0. The summed E-state index contributed by atoms with van der Waals surface area (Å²) in [7, 11) is 0. The highest BCUT2D eigenvalue weighted by Crippen LogP contribution is 2.30. The zero-order valence-electron chi connectivity index (χ0n) is 15.3. The Morgan fingerprint density at radius 1 is 1.25 bits per heavy atom. The maximum atomic E-state index is 13.5. The highest BCUT2D eigenvalue weighted by atomic mass is 19.1. The molecule has 0 aliphatic heterocycles. The second-order valence-electron chi connectivity index (χ2n) is 5.95. The third-order valence-corrected chi connectivity index (χ3v) is 4.19. The van der Waals surface area contributed by atoms with Gasteiger partial charge in [0.05, 0.1) is 28.3 Å². The van der Waals surface area contributed by atoms with Crippen LogP contribution in [0, 0.1) is 22.9 Å². The predicted molar refractivity (Wildman–Crippen MR) is 99.8 cm³/mol. The highest BCUT2D eigenvalue weighted by Gasteiger charge is 2.22. The van der Waals surface area contributed by atoms with Crippen molar-refractivity contribution in [2.24, 2.45) is 0 Å². The van der Waals surface area contributed by atoms with Crippen molar-refractivity contribution < 1.29 is 23.6 Å². The fraction of sp³-hybridized carbons (Fsp3) is 0.200. The van der Waals surface area contributed by atoms with Crippen LogP contribution in [0.1, 0.15) is 28.5 Å². The van der Waals surface area contributed by atoms with E-state index in [0.29, 0.717) is 11.1 Å². The van der Waals surface area contributed by atoms with Crippen molar-refractivity contribution in [1.82, 2.24) is 4.98 Å². The summed E-state index contributed by atoms with van der Waals surface area (Å²) in [5.41, 5.74) is 1.42. The van der Waals surface area contributed by atoms with Crippen LogP contribution < -0.4 is 4.74 Å². The van der Waals surface area contributed by atoms with Gasteiger partial charge in [0.15, 0.2) is 5.75 Å². The van der Waals surface area contributed by atoms with Crippen LogP contribution in [-0.2, 0) is 11.3 Å². The normalized spacial score (nSPS) is 10.7. The van der Waals surface area contributed by atoms with E-state index in [2.05, 4.69) is 4.98 Å². The number of nitrogens with zero attached hydrogens (tertiary/aromatic N) is 2. The number of aryl methyl sites for hydroxylation is 1. The standard InChI is InChI=1S/C20H17FN2O5/c1-3-27-20(24)19-12(2)14-6-4-5-7-15(14)22-16(19)11-28-18-10-13(21)8-9-17(18)23(25)26/h4-10H,3,11H2,1-2H3. The Morgan fingerprint density at radius 2 is 2.00 bits per heavy atom. The Balaban J connectivity index is 2.05. The van der Waals surface area contributed by atoms with E-state index in [0.717, 1.165) is 23.6 Å². The van der Waals surface area contributed by atoms with E-state index < -0.39 is 16.7 Å². The first kappa shape index (κ1) is 19.2. The van der Waals surface area contributed by atoms with Gasteiger partial charge in [-0.3, -0.25) is 10.1 Å². The molecule has 0 N–H and O–H groups in total. The zero-order valence-corrected chi connectivity index (χ0v) is 15.3. The number of halogens is 1. The van der Waals surface area contributed by atoms with Crippen molar-refractivity contribution in [2.45, 2.75) is 20.5 Å². The van der Waals surface area contributed by atoms with E-state index >= 15 is 0 Å². The summed E-state index contributed by atoms with van der Waals surface area (Å²) in [4.78, 5) is 27.4. The van der Waals surface area contributed by atoms with Crippen LogP contribution in [0.25, 0.3) is 10.9 Å². The van der Waals surface area contributed by atoms with Gasteiger partial charge in [-0.05, 0) is 31.5 Å². The van der Waals surface area contributed by atoms with Gasteiger partial charge in [0.1, 0.15) is 12.4 Å². The van der Waals surface area contributed by atoms with Crippen LogP contribution in [-0.4, -0.2) is 22.5 Å². The number of benzene rings is 2. The minimum atomic E-state index is -0.672. The number of ether oxygens (including phenoxy) is 2. The molecule has 0 aliphatic carbocycles. The van der Waals surface area contributed by atoms with Gasteiger partial charge in [-0.1, -0.05) is 18.2 Å². The van der Waals surface area contributed by atoms with Gasteiger partial charge >= 0.3 is 11.7 Å². The third kappa shape index (κ3) is 3.75. The minimum absolute atomic E-state index is 0.181. The van der Waals surface area contributed by atoms with Crippen molar-refractivity contribution in [3.8, 4) is 5.75 Å². The number of carbonyl (C=O) groups is 1. The van der Waals surface area contributed by atoms with Crippen molar-refractivity contribution >= 4 is 22.6 Å². The topological polar surface area (TPSA) is 91.6 Å². The minimum Gasteiger partial charge on any atom is -0.480 e. The van der Waals surface area contributed by atoms with E-state index in [9.17, 15) is 19.3 Å². The molecular weight excluding hydrogens is 367 g/mol. The Kier molecular flexibility index (Phi) is 5.49. The summed E-state index contributed by atoms with van der Waals surface area (Å²) in [5, 5.41) is 11.9. The smallest absolute Gasteiger partial charge is 0.340 e.